The molecule has 0 bridgehead atoms. The first kappa shape index (κ1) is 21.4. The molecule has 0 aliphatic carbocycles. The molecule has 0 aliphatic heterocycles. The summed E-state index contributed by atoms with van der Waals surface area (Å²) in [6.07, 6.45) is 3.87. The average Bonchev–Trinajstić information content (AvgIpc) is 3.43. The zero-order valence-electron chi connectivity index (χ0n) is 18.3. The van der Waals surface area contributed by atoms with E-state index in [1.54, 1.807) is 0 Å². The van der Waals surface area contributed by atoms with Crippen molar-refractivity contribution >= 4 is 21.9 Å². The van der Waals surface area contributed by atoms with Crippen molar-refractivity contribution in [2.75, 3.05) is 0 Å². The molecule has 2 heterocycles. The maximum atomic E-state index is 6.00. The molecule has 4 aromatic carbocycles. The monoisotopic (exact) mass is 606 g/mol. The molecule has 6 aromatic rings. The van der Waals surface area contributed by atoms with Gasteiger partial charge in [-0.1, -0.05) is 24.3 Å². The molecule has 0 unspecified atom stereocenters. The number of hydrogen-bond donors (Lipinski definition) is 0. The first-order valence-corrected chi connectivity index (χ1v) is 10.7. The van der Waals surface area contributed by atoms with Crippen molar-refractivity contribution < 1.29 is 24.5 Å². The molecular weight excluding hydrogens is 585 g/mol. The summed E-state index contributed by atoms with van der Waals surface area (Å²) in [7, 11) is 0. The van der Waals surface area contributed by atoms with Crippen molar-refractivity contribution in [2.45, 2.75) is 13.8 Å². The molecule has 0 amide bonds. The number of aromatic nitrogens is 2. The number of imidazole rings is 1. The summed E-state index contributed by atoms with van der Waals surface area (Å²) >= 11 is 0. The van der Waals surface area contributed by atoms with E-state index in [0.717, 1.165) is 39.0 Å². The van der Waals surface area contributed by atoms with Crippen molar-refractivity contribution in [1.29, 1.82) is 0 Å². The zero-order valence-corrected chi connectivity index (χ0v) is 20.7. The summed E-state index contributed by atoms with van der Waals surface area (Å²) in [4.78, 5) is 4.60. The van der Waals surface area contributed by atoms with Gasteiger partial charge in [0, 0.05) is 49.0 Å². The van der Waals surface area contributed by atoms with Crippen LogP contribution in [0.2, 0.25) is 0 Å². The van der Waals surface area contributed by atoms with Gasteiger partial charge in [-0.2, -0.15) is 0 Å². The van der Waals surface area contributed by atoms with Crippen LogP contribution in [-0.4, -0.2) is 9.55 Å². The van der Waals surface area contributed by atoms with Gasteiger partial charge in [0.05, 0.1) is 5.82 Å². The van der Waals surface area contributed by atoms with E-state index in [1.165, 1.54) is 22.3 Å². The van der Waals surface area contributed by atoms with Crippen molar-refractivity contribution in [3.05, 3.63) is 108 Å². The third-order valence-electron chi connectivity index (χ3n) is 6.03. The van der Waals surface area contributed by atoms with Crippen LogP contribution in [0.5, 0.6) is 0 Å². The van der Waals surface area contributed by atoms with Gasteiger partial charge in [-0.15, -0.1) is 35.9 Å². The quantitative estimate of drug-likeness (QED) is 0.196. The minimum absolute atomic E-state index is 0. The first-order valence-electron chi connectivity index (χ1n) is 10.7. The van der Waals surface area contributed by atoms with Gasteiger partial charge in [0.25, 0.3) is 0 Å². The topological polar surface area (TPSA) is 31.0 Å². The van der Waals surface area contributed by atoms with Crippen LogP contribution in [0.15, 0.2) is 95.7 Å². The van der Waals surface area contributed by atoms with E-state index in [-0.39, 0.29) is 20.1 Å². The Kier molecular flexibility index (Phi) is 5.49. The van der Waals surface area contributed by atoms with Crippen LogP contribution in [0.4, 0.5) is 0 Å². The van der Waals surface area contributed by atoms with E-state index in [9.17, 15) is 0 Å². The Morgan fingerprint density at radius 1 is 0.788 bits per heavy atom. The number of rotatable bonds is 3. The molecule has 163 valence electrons. The second-order valence-corrected chi connectivity index (χ2v) is 8.16. The molecule has 4 heteroatoms. The second-order valence-electron chi connectivity index (χ2n) is 8.16. The average molecular weight is 606 g/mol. The largest absolute Gasteiger partial charge is 0.456 e. The summed E-state index contributed by atoms with van der Waals surface area (Å²) in [6.45, 7) is 4.33. The molecule has 2 aromatic heterocycles. The number of fused-ring (bicyclic) bond motifs is 3. The molecular formula is C29H21IrN2O-. The molecule has 0 saturated heterocycles. The van der Waals surface area contributed by atoms with Gasteiger partial charge in [0.15, 0.2) is 0 Å². The van der Waals surface area contributed by atoms with Gasteiger partial charge in [-0.05, 0) is 66.4 Å². The number of furan rings is 1. The summed E-state index contributed by atoms with van der Waals surface area (Å²) in [6, 6.07) is 30.4. The fourth-order valence-corrected chi connectivity index (χ4v) is 4.62. The zero-order chi connectivity index (χ0) is 21.7. The molecule has 6 rings (SSSR count). The van der Waals surface area contributed by atoms with Gasteiger partial charge in [0.2, 0.25) is 0 Å². The second kappa shape index (κ2) is 8.47. The Hall–Kier alpha value is -3.46. The van der Waals surface area contributed by atoms with Gasteiger partial charge in [-0.3, -0.25) is 4.98 Å². The van der Waals surface area contributed by atoms with Gasteiger partial charge >= 0.3 is 0 Å². The maximum absolute atomic E-state index is 6.00. The van der Waals surface area contributed by atoms with Crippen LogP contribution in [0, 0.1) is 19.9 Å². The van der Waals surface area contributed by atoms with Crippen LogP contribution < -0.4 is 0 Å². The molecule has 0 atom stereocenters. The fraction of sp³-hybridized carbons (Fsp3) is 0.0690. The summed E-state index contributed by atoms with van der Waals surface area (Å²) < 4.78 is 8.16. The molecule has 0 aliphatic rings. The van der Waals surface area contributed by atoms with E-state index in [1.807, 2.05) is 48.8 Å². The number of para-hydroxylation sites is 1. The van der Waals surface area contributed by atoms with Crippen LogP contribution in [0.1, 0.15) is 11.1 Å². The van der Waals surface area contributed by atoms with Crippen LogP contribution >= 0.6 is 0 Å². The van der Waals surface area contributed by atoms with Gasteiger partial charge in [0.1, 0.15) is 11.2 Å². The SMILES string of the molecule is Cc1cc(-c2ccc3oc4ccccc4c3c2)cc(C)c1-n1ccnc1-c1[c-]cccc1.[Ir]. The van der Waals surface area contributed by atoms with Gasteiger partial charge in [-0.25, -0.2) is 0 Å². The molecule has 0 spiro atoms. The maximum Gasteiger partial charge on any atom is 0.135 e. The summed E-state index contributed by atoms with van der Waals surface area (Å²) in [5.41, 5.74) is 8.77. The molecule has 0 saturated carbocycles. The number of aryl methyl sites for hydroxylation is 2. The first-order chi connectivity index (χ1) is 15.7. The third-order valence-corrected chi connectivity index (χ3v) is 6.03. The third kappa shape index (κ3) is 3.62. The Bertz CT molecular complexity index is 1570. The number of hydrogen-bond acceptors (Lipinski definition) is 2. The fourth-order valence-electron chi connectivity index (χ4n) is 4.62. The molecule has 33 heavy (non-hydrogen) atoms. The molecule has 0 N–H and O–H groups in total. The number of nitrogens with zero attached hydrogens (tertiary/aromatic N) is 2. The van der Waals surface area contributed by atoms with Crippen LogP contribution in [0.3, 0.4) is 0 Å². The molecule has 0 fully saturated rings. The standard InChI is InChI=1S/C29H21N2O.Ir/c1-19-16-23(22-12-13-27-25(18-22)24-10-6-7-11-26(24)32-27)17-20(2)28(19)31-15-14-30-29(31)21-8-4-3-5-9-21;/h3-8,10-18H,1-2H3;/q-1;. The van der Waals surface area contributed by atoms with E-state index < -0.39 is 0 Å². The Labute approximate surface area is 206 Å². The Morgan fingerprint density at radius 2 is 1.55 bits per heavy atom. The smallest absolute Gasteiger partial charge is 0.135 e. The Morgan fingerprint density at radius 3 is 2.33 bits per heavy atom. The molecule has 3 nitrogen and oxygen atoms in total. The van der Waals surface area contributed by atoms with Gasteiger partial charge < -0.3 is 8.98 Å². The van der Waals surface area contributed by atoms with E-state index in [4.69, 9.17) is 4.42 Å². The molecule has 1 radical (unpaired) electrons. The minimum Gasteiger partial charge on any atom is -0.456 e. The van der Waals surface area contributed by atoms with Crippen molar-refractivity contribution in [1.82, 2.24) is 9.55 Å². The predicted octanol–water partition coefficient (Wildman–Crippen LogP) is 7.52. The van der Waals surface area contributed by atoms with Crippen molar-refractivity contribution in [2.24, 2.45) is 0 Å². The van der Waals surface area contributed by atoms with E-state index in [2.05, 4.69) is 71.9 Å². The van der Waals surface area contributed by atoms with Crippen molar-refractivity contribution in [3.63, 3.8) is 0 Å². The summed E-state index contributed by atoms with van der Waals surface area (Å²) in [5, 5.41) is 2.30. The van der Waals surface area contributed by atoms with E-state index in [0.29, 0.717) is 0 Å². The van der Waals surface area contributed by atoms with Crippen LogP contribution in [-0.2, 0) is 20.1 Å². The van der Waals surface area contributed by atoms with Crippen molar-refractivity contribution in [3.8, 4) is 28.2 Å². The number of benzene rings is 4. The minimum atomic E-state index is 0. The van der Waals surface area contributed by atoms with E-state index >= 15 is 0 Å². The van der Waals surface area contributed by atoms with Crippen LogP contribution in [0.25, 0.3) is 50.1 Å². The predicted molar refractivity (Wildman–Crippen MR) is 130 cm³/mol. The normalized spacial score (nSPS) is 11.1. The summed E-state index contributed by atoms with van der Waals surface area (Å²) in [5.74, 6) is 0.899. The Balaban J connectivity index is 0.00000228.